The van der Waals surface area contributed by atoms with Crippen molar-refractivity contribution >= 4 is 6.29 Å². The molecule has 0 radical (unpaired) electrons. The van der Waals surface area contributed by atoms with Gasteiger partial charge in [0.2, 0.25) is 0 Å². The molecule has 0 aromatic rings. The van der Waals surface area contributed by atoms with E-state index in [0.717, 1.165) is 19.1 Å². The molecule has 0 aromatic heterocycles. The van der Waals surface area contributed by atoms with Crippen molar-refractivity contribution < 1.29 is 4.79 Å². The van der Waals surface area contributed by atoms with Gasteiger partial charge in [-0.15, -0.1) is 0 Å². The third-order valence-corrected chi connectivity index (χ3v) is 1.57. The van der Waals surface area contributed by atoms with Crippen LogP contribution in [0.1, 0.15) is 19.8 Å². The summed E-state index contributed by atoms with van der Waals surface area (Å²) in [5.74, 6) is 0. The third-order valence-electron chi connectivity index (χ3n) is 1.57. The summed E-state index contributed by atoms with van der Waals surface area (Å²) in [6, 6.07) is 0.690. The second-order valence-electron chi connectivity index (χ2n) is 2.39. The maximum absolute atomic E-state index is 10.1. The number of carbonyl (C=O) groups is 1. The highest BCUT2D eigenvalue weighted by molar-refractivity contribution is 5.58. The molecule has 1 aliphatic heterocycles. The average Bonchev–Trinajstić information content (AvgIpc) is 2.14. The molecule has 1 rings (SSSR count). The van der Waals surface area contributed by atoms with Gasteiger partial charge in [-0.2, -0.15) is 0 Å². The van der Waals surface area contributed by atoms with E-state index < -0.39 is 0 Å². The van der Waals surface area contributed by atoms with Crippen molar-refractivity contribution in [2.45, 2.75) is 31.8 Å². The van der Waals surface area contributed by atoms with Crippen LogP contribution in [-0.4, -0.2) is 18.4 Å². The van der Waals surface area contributed by atoms with E-state index in [1.165, 1.54) is 0 Å². The summed E-state index contributed by atoms with van der Waals surface area (Å²) >= 11 is 0. The Morgan fingerprint density at radius 2 is 2.38 bits per heavy atom. The van der Waals surface area contributed by atoms with Gasteiger partial charge < -0.3 is 10.1 Å². The Morgan fingerprint density at radius 3 is 2.62 bits per heavy atom. The molecule has 0 aromatic carbocycles. The Labute approximate surface area is 49.3 Å². The lowest BCUT2D eigenvalue weighted by atomic mass is 10.2. The van der Waals surface area contributed by atoms with Crippen molar-refractivity contribution in [1.29, 1.82) is 0 Å². The van der Waals surface area contributed by atoms with Crippen molar-refractivity contribution in [3.05, 3.63) is 0 Å². The second kappa shape index (κ2) is 2.27. The van der Waals surface area contributed by atoms with E-state index in [2.05, 4.69) is 12.2 Å². The monoisotopic (exact) mass is 113 g/mol. The van der Waals surface area contributed by atoms with Gasteiger partial charge in [-0.1, -0.05) is 0 Å². The lowest BCUT2D eigenvalue weighted by Gasteiger charge is -2.00. The second-order valence-corrected chi connectivity index (χ2v) is 2.39. The molecule has 0 amide bonds. The van der Waals surface area contributed by atoms with Gasteiger partial charge in [-0.3, -0.25) is 0 Å². The van der Waals surface area contributed by atoms with Gasteiger partial charge >= 0.3 is 0 Å². The van der Waals surface area contributed by atoms with E-state index in [0.29, 0.717) is 6.04 Å². The Kier molecular flexibility index (Phi) is 1.63. The van der Waals surface area contributed by atoms with Crippen LogP contribution in [0.5, 0.6) is 0 Å². The first-order valence-corrected chi connectivity index (χ1v) is 3.04. The van der Waals surface area contributed by atoms with Gasteiger partial charge in [-0.25, -0.2) is 0 Å². The minimum absolute atomic E-state index is 0.144. The number of rotatable bonds is 1. The maximum atomic E-state index is 10.1. The first-order chi connectivity index (χ1) is 3.83. The summed E-state index contributed by atoms with van der Waals surface area (Å²) in [5.41, 5.74) is 0. The van der Waals surface area contributed by atoms with E-state index in [1.54, 1.807) is 0 Å². The molecule has 1 saturated heterocycles. The number of carbonyl (C=O) groups excluding carboxylic acids is 1. The molecular weight excluding hydrogens is 102 g/mol. The van der Waals surface area contributed by atoms with Gasteiger partial charge in [0.25, 0.3) is 0 Å². The maximum Gasteiger partial charge on any atom is 0.136 e. The number of nitrogens with one attached hydrogen (secondary N) is 1. The molecule has 2 atom stereocenters. The van der Waals surface area contributed by atoms with Crippen LogP contribution >= 0.6 is 0 Å². The quantitative estimate of drug-likeness (QED) is 0.496. The summed E-state index contributed by atoms with van der Waals surface area (Å²) in [6.07, 6.45) is 3.15. The molecule has 8 heavy (non-hydrogen) atoms. The van der Waals surface area contributed by atoms with Crippen molar-refractivity contribution in [2.24, 2.45) is 0 Å². The van der Waals surface area contributed by atoms with Crippen LogP contribution in [0.25, 0.3) is 0 Å². The van der Waals surface area contributed by atoms with Gasteiger partial charge in [0, 0.05) is 6.04 Å². The Bertz CT molecular complexity index is 92.5. The third kappa shape index (κ3) is 1.07. The van der Waals surface area contributed by atoms with E-state index in [4.69, 9.17) is 0 Å². The largest absolute Gasteiger partial charge is 0.305 e. The molecule has 1 heterocycles. The molecule has 2 nitrogen and oxygen atoms in total. The Balaban J connectivity index is 2.32. The van der Waals surface area contributed by atoms with Crippen molar-refractivity contribution in [2.75, 3.05) is 0 Å². The smallest absolute Gasteiger partial charge is 0.136 e. The van der Waals surface area contributed by atoms with Crippen LogP contribution < -0.4 is 5.32 Å². The highest BCUT2D eigenvalue weighted by Gasteiger charge is 2.18. The predicted molar refractivity (Wildman–Crippen MR) is 31.7 cm³/mol. The summed E-state index contributed by atoms with van der Waals surface area (Å²) in [7, 11) is 0. The van der Waals surface area contributed by atoms with Gasteiger partial charge in [0.05, 0.1) is 6.04 Å². The van der Waals surface area contributed by atoms with Gasteiger partial charge in [-0.05, 0) is 19.8 Å². The van der Waals surface area contributed by atoms with Gasteiger partial charge in [0.15, 0.2) is 0 Å². The summed E-state index contributed by atoms with van der Waals surface area (Å²) in [6.45, 7) is 2.10. The van der Waals surface area contributed by atoms with Crippen LogP contribution in [0, 0.1) is 0 Å². The molecule has 1 aliphatic rings. The molecule has 46 valence electrons. The fourth-order valence-electron chi connectivity index (χ4n) is 1.07. The number of hydrogen-bond acceptors (Lipinski definition) is 2. The zero-order valence-corrected chi connectivity index (χ0v) is 5.05. The molecule has 1 N–H and O–H groups in total. The zero-order valence-electron chi connectivity index (χ0n) is 5.05. The Morgan fingerprint density at radius 1 is 1.62 bits per heavy atom. The van der Waals surface area contributed by atoms with Crippen LogP contribution in [-0.2, 0) is 4.79 Å². The lowest BCUT2D eigenvalue weighted by Crippen LogP contribution is -2.27. The summed E-state index contributed by atoms with van der Waals surface area (Å²) in [5, 5.41) is 3.14. The molecule has 2 heteroatoms. The topological polar surface area (TPSA) is 29.1 Å². The zero-order chi connectivity index (χ0) is 5.98. The van der Waals surface area contributed by atoms with Crippen LogP contribution in [0.4, 0.5) is 0 Å². The standard InChI is InChI=1S/C6H11NO/c1-5-2-3-6(4-8)7-5/h4-7H,2-3H2,1H3/t5?,6-/m1/s1. The van der Waals surface area contributed by atoms with Gasteiger partial charge in [0.1, 0.15) is 6.29 Å². The van der Waals surface area contributed by atoms with E-state index in [1.807, 2.05) is 0 Å². The average molecular weight is 113 g/mol. The Hall–Kier alpha value is -0.370. The molecule has 1 fully saturated rings. The highest BCUT2D eigenvalue weighted by atomic mass is 16.1. The number of hydrogen-bond donors (Lipinski definition) is 1. The van der Waals surface area contributed by atoms with Crippen LogP contribution in [0.15, 0.2) is 0 Å². The van der Waals surface area contributed by atoms with Crippen molar-refractivity contribution in [3.63, 3.8) is 0 Å². The number of aldehydes is 1. The molecule has 1 unspecified atom stereocenters. The van der Waals surface area contributed by atoms with Crippen LogP contribution in [0.2, 0.25) is 0 Å². The summed E-state index contributed by atoms with van der Waals surface area (Å²) < 4.78 is 0. The fourth-order valence-corrected chi connectivity index (χ4v) is 1.07. The van der Waals surface area contributed by atoms with E-state index in [-0.39, 0.29) is 6.04 Å². The molecule has 0 saturated carbocycles. The molecule has 0 spiro atoms. The van der Waals surface area contributed by atoms with E-state index in [9.17, 15) is 4.79 Å². The van der Waals surface area contributed by atoms with Crippen molar-refractivity contribution in [1.82, 2.24) is 5.32 Å². The minimum atomic E-state index is 0.144. The van der Waals surface area contributed by atoms with E-state index >= 15 is 0 Å². The predicted octanol–water partition coefficient (Wildman–Crippen LogP) is 0.326. The normalized spacial score (nSPS) is 37.6. The molecule has 0 aliphatic carbocycles. The minimum Gasteiger partial charge on any atom is -0.305 e. The summed E-state index contributed by atoms with van der Waals surface area (Å²) in [4.78, 5) is 10.1. The molecular formula is C6H11NO. The first kappa shape index (κ1) is 5.76. The highest BCUT2D eigenvalue weighted by Crippen LogP contribution is 2.08. The molecule has 0 bridgehead atoms. The SMILES string of the molecule is CC1CC[C@H](C=O)N1. The van der Waals surface area contributed by atoms with Crippen molar-refractivity contribution in [3.8, 4) is 0 Å². The van der Waals surface area contributed by atoms with Crippen LogP contribution in [0.3, 0.4) is 0 Å². The first-order valence-electron chi connectivity index (χ1n) is 3.04. The lowest BCUT2D eigenvalue weighted by molar-refractivity contribution is -0.109. The fraction of sp³-hybridized carbons (Fsp3) is 0.833.